The molecule has 0 bridgehead atoms. The number of benzene rings is 2. The SMILES string of the molecule is CC(C)Oc1ccc(F)cc1C1CC(C)(C)c2cc(OC(=O)O)ccc2N1. The van der Waals surface area contributed by atoms with Crippen LogP contribution in [0.25, 0.3) is 0 Å². The molecule has 1 heterocycles. The van der Waals surface area contributed by atoms with Gasteiger partial charge in [-0.3, -0.25) is 0 Å². The Kier molecular flexibility index (Phi) is 5.00. The molecule has 1 aliphatic heterocycles. The van der Waals surface area contributed by atoms with E-state index < -0.39 is 6.16 Å². The molecule has 1 atom stereocenters. The molecule has 0 saturated carbocycles. The zero-order valence-electron chi connectivity index (χ0n) is 15.9. The summed E-state index contributed by atoms with van der Waals surface area (Å²) in [7, 11) is 0. The third-order valence-electron chi connectivity index (χ3n) is 4.68. The van der Waals surface area contributed by atoms with Gasteiger partial charge in [0.15, 0.2) is 0 Å². The largest absolute Gasteiger partial charge is 0.511 e. The Hall–Kier alpha value is -2.76. The molecule has 2 aromatic carbocycles. The van der Waals surface area contributed by atoms with E-state index in [4.69, 9.17) is 14.6 Å². The Morgan fingerprint density at radius 2 is 2.00 bits per heavy atom. The lowest BCUT2D eigenvalue weighted by atomic mass is 9.74. The van der Waals surface area contributed by atoms with E-state index in [1.807, 2.05) is 13.8 Å². The summed E-state index contributed by atoms with van der Waals surface area (Å²) in [5, 5.41) is 12.3. The van der Waals surface area contributed by atoms with E-state index in [0.717, 1.165) is 16.8 Å². The molecule has 2 aromatic rings. The van der Waals surface area contributed by atoms with Crippen LogP contribution in [0.4, 0.5) is 14.9 Å². The van der Waals surface area contributed by atoms with Crippen LogP contribution in [0, 0.1) is 5.82 Å². The first-order chi connectivity index (χ1) is 12.7. The van der Waals surface area contributed by atoms with Gasteiger partial charge in [0.1, 0.15) is 17.3 Å². The lowest BCUT2D eigenvalue weighted by molar-refractivity contribution is 0.144. The van der Waals surface area contributed by atoms with Gasteiger partial charge >= 0.3 is 6.16 Å². The normalized spacial score (nSPS) is 17.8. The van der Waals surface area contributed by atoms with Gasteiger partial charge in [-0.05, 0) is 67.6 Å². The molecule has 0 radical (unpaired) electrons. The predicted molar refractivity (Wildman–Crippen MR) is 101 cm³/mol. The molecule has 27 heavy (non-hydrogen) atoms. The van der Waals surface area contributed by atoms with Crippen LogP contribution >= 0.6 is 0 Å². The molecule has 1 aliphatic rings. The minimum atomic E-state index is -1.34. The molecule has 6 heteroatoms. The van der Waals surface area contributed by atoms with Gasteiger partial charge in [0.2, 0.25) is 0 Å². The van der Waals surface area contributed by atoms with Crippen molar-refractivity contribution in [3.8, 4) is 11.5 Å². The summed E-state index contributed by atoms with van der Waals surface area (Å²) in [4.78, 5) is 10.8. The fraction of sp³-hybridized carbons (Fsp3) is 0.381. The van der Waals surface area contributed by atoms with Crippen molar-refractivity contribution in [2.75, 3.05) is 5.32 Å². The van der Waals surface area contributed by atoms with Crippen molar-refractivity contribution in [1.29, 1.82) is 0 Å². The van der Waals surface area contributed by atoms with Crippen molar-refractivity contribution < 1.29 is 23.8 Å². The standard InChI is InChI=1S/C21H24FNO4/c1-12(2)26-19-8-5-13(22)9-15(19)18-11-21(3,4)16-10-14(27-20(24)25)6-7-17(16)23-18/h5-10,12,18,23H,11H2,1-4H3,(H,24,25). The summed E-state index contributed by atoms with van der Waals surface area (Å²) >= 11 is 0. The Morgan fingerprint density at radius 1 is 1.26 bits per heavy atom. The topological polar surface area (TPSA) is 67.8 Å². The van der Waals surface area contributed by atoms with Crippen molar-refractivity contribution in [3.63, 3.8) is 0 Å². The maximum atomic E-state index is 13.9. The van der Waals surface area contributed by atoms with Crippen LogP contribution in [0.5, 0.6) is 11.5 Å². The zero-order chi connectivity index (χ0) is 19.8. The number of hydrogen-bond acceptors (Lipinski definition) is 4. The van der Waals surface area contributed by atoms with Crippen molar-refractivity contribution >= 4 is 11.8 Å². The summed E-state index contributed by atoms with van der Waals surface area (Å²) in [6.07, 6.45) is -0.674. The Morgan fingerprint density at radius 3 is 2.67 bits per heavy atom. The predicted octanol–water partition coefficient (Wildman–Crippen LogP) is 5.50. The average molecular weight is 373 g/mol. The highest BCUT2D eigenvalue weighted by atomic mass is 19.1. The highest BCUT2D eigenvalue weighted by molar-refractivity contribution is 5.65. The van der Waals surface area contributed by atoms with Gasteiger partial charge in [-0.2, -0.15) is 0 Å². The lowest BCUT2D eigenvalue weighted by Crippen LogP contribution is -2.31. The van der Waals surface area contributed by atoms with Gasteiger partial charge in [0.25, 0.3) is 0 Å². The van der Waals surface area contributed by atoms with Crippen LogP contribution in [0.1, 0.15) is 51.3 Å². The van der Waals surface area contributed by atoms with Crippen molar-refractivity contribution in [3.05, 3.63) is 53.3 Å². The van der Waals surface area contributed by atoms with E-state index in [1.54, 1.807) is 24.3 Å². The van der Waals surface area contributed by atoms with Crippen LogP contribution in [-0.4, -0.2) is 17.4 Å². The number of nitrogens with one attached hydrogen (secondary N) is 1. The second kappa shape index (κ2) is 7.10. The number of fused-ring (bicyclic) bond motifs is 1. The Labute approximate surface area is 158 Å². The van der Waals surface area contributed by atoms with Crippen molar-refractivity contribution in [2.24, 2.45) is 0 Å². The minimum Gasteiger partial charge on any atom is -0.491 e. The molecule has 5 nitrogen and oxygen atoms in total. The fourth-order valence-corrected chi connectivity index (χ4v) is 3.57. The molecule has 0 fully saturated rings. The molecule has 0 saturated heterocycles. The van der Waals surface area contributed by atoms with Gasteiger partial charge in [-0.15, -0.1) is 0 Å². The first-order valence-corrected chi connectivity index (χ1v) is 8.93. The average Bonchev–Trinajstić information content (AvgIpc) is 2.55. The van der Waals surface area contributed by atoms with Crippen LogP contribution < -0.4 is 14.8 Å². The van der Waals surface area contributed by atoms with Crippen LogP contribution in [0.3, 0.4) is 0 Å². The number of ether oxygens (including phenoxy) is 2. The quantitative estimate of drug-likeness (QED) is 0.547. The molecule has 144 valence electrons. The van der Waals surface area contributed by atoms with E-state index in [1.165, 1.54) is 12.1 Å². The van der Waals surface area contributed by atoms with Gasteiger partial charge in [-0.1, -0.05) is 13.8 Å². The first kappa shape index (κ1) is 19.0. The van der Waals surface area contributed by atoms with Crippen LogP contribution in [0.2, 0.25) is 0 Å². The highest BCUT2D eigenvalue weighted by Crippen LogP contribution is 2.46. The Balaban J connectivity index is 1.98. The number of hydrogen-bond donors (Lipinski definition) is 2. The van der Waals surface area contributed by atoms with E-state index in [9.17, 15) is 9.18 Å². The van der Waals surface area contributed by atoms with E-state index in [0.29, 0.717) is 12.2 Å². The number of anilines is 1. The maximum Gasteiger partial charge on any atom is 0.511 e. The summed E-state index contributed by atoms with van der Waals surface area (Å²) < 4.78 is 24.6. The molecular weight excluding hydrogens is 349 g/mol. The van der Waals surface area contributed by atoms with E-state index in [-0.39, 0.29) is 29.1 Å². The molecule has 0 amide bonds. The second-order valence-electron chi connectivity index (χ2n) is 7.71. The number of carboxylic acid groups (broad SMARTS) is 1. The number of rotatable bonds is 4. The van der Waals surface area contributed by atoms with Crippen molar-refractivity contribution in [2.45, 2.75) is 51.7 Å². The summed E-state index contributed by atoms with van der Waals surface area (Å²) in [5.41, 5.74) is 2.33. The summed E-state index contributed by atoms with van der Waals surface area (Å²) in [6.45, 7) is 8.02. The third kappa shape index (κ3) is 4.15. The van der Waals surface area contributed by atoms with Gasteiger partial charge < -0.3 is 19.9 Å². The fourth-order valence-electron chi connectivity index (χ4n) is 3.57. The van der Waals surface area contributed by atoms with E-state index in [2.05, 4.69) is 19.2 Å². The van der Waals surface area contributed by atoms with Crippen LogP contribution in [0.15, 0.2) is 36.4 Å². The number of carbonyl (C=O) groups is 1. The minimum absolute atomic E-state index is 0.0196. The van der Waals surface area contributed by atoms with Crippen LogP contribution in [-0.2, 0) is 5.41 Å². The summed E-state index contributed by atoms with van der Waals surface area (Å²) in [6, 6.07) is 9.59. The summed E-state index contributed by atoms with van der Waals surface area (Å²) in [5.74, 6) is 0.634. The smallest absolute Gasteiger partial charge is 0.491 e. The third-order valence-corrected chi connectivity index (χ3v) is 4.68. The maximum absolute atomic E-state index is 13.9. The first-order valence-electron chi connectivity index (χ1n) is 8.93. The van der Waals surface area contributed by atoms with Gasteiger partial charge in [0, 0.05) is 11.3 Å². The highest BCUT2D eigenvalue weighted by Gasteiger charge is 2.35. The molecule has 0 spiro atoms. The molecule has 1 unspecified atom stereocenters. The molecule has 0 aromatic heterocycles. The number of halogens is 1. The molecule has 2 N–H and O–H groups in total. The molecular formula is C21H24FNO4. The van der Waals surface area contributed by atoms with Crippen molar-refractivity contribution in [1.82, 2.24) is 0 Å². The second-order valence-corrected chi connectivity index (χ2v) is 7.71. The monoisotopic (exact) mass is 373 g/mol. The molecule has 0 aliphatic carbocycles. The van der Waals surface area contributed by atoms with Gasteiger partial charge in [-0.25, -0.2) is 9.18 Å². The Bertz CT molecular complexity index is 863. The zero-order valence-corrected chi connectivity index (χ0v) is 15.9. The van der Waals surface area contributed by atoms with E-state index >= 15 is 0 Å². The lowest BCUT2D eigenvalue weighted by Gasteiger charge is -2.39. The van der Waals surface area contributed by atoms with Gasteiger partial charge in [0.05, 0.1) is 12.1 Å². The molecule has 3 rings (SSSR count).